The molecule has 2 aromatic rings. The van der Waals surface area contributed by atoms with Gasteiger partial charge in [0.2, 0.25) is 0 Å². The van der Waals surface area contributed by atoms with Crippen molar-refractivity contribution in [3.05, 3.63) is 35.7 Å². The predicted octanol–water partition coefficient (Wildman–Crippen LogP) is 2.68. The van der Waals surface area contributed by atoms with E-state index in [2.05, 4.69) is 9.97 Å². The Balaban J connectivity index is 1.92. The molecule has 7 nitrogen and oxygen atoms in total. The minimum Gasteiger partial charge on any atom is -0.491 e. The number of rotatable bonds is 4. The fourth-order valence-electron chi connectivity index (χ4n) is 2.45. The van der Waals surface area contributed by atoms with E-state index in [0.29, 0.717) is 29.7 Å². The number of esters is 1. The number of benzene rings is 1. The molecule has 3 rings (SSSR count). The van der Waals surface area contributed by atoms with E-state index in [0.717, 1.165) is 10.6 Å². The molecule has 0 saturated carbocycles. The minimum atomic E-state index is -0.452. The zero-order valence-corrected chi connectivity index (χ0v) is 15.2. The molecule has 0 saturated heterocycles. The van der Waals surface area contributed by atoms with Crippen molar-refractivity contribution in [2.24, 2.45) is 0 Å². The Morgan fingerprint density at radius 1 is 1.24 bits per heavy atom. The molecular weight excluding hydrogens is 344 g/mol. The summed E-state index contributed by atoms with van der Waals surface area (Å²) in [7, 11) is 4.39. The van der Waals surface area contributed by atoms with E-state index in [4.69, 9.17) is 18.9 Å². The molecule has 0 spiro atoms. The summed E-state index contributed by atoms with van der Waals surface area (Å²) >= 11 is 1.60. The molecule has 0 radical (unpaired) electrons. The van der Waals surface area contributed by atoms with Crippen molar-refractivity contribution in [2.45, 2.75) is 16.6 Å². The SMILES string of the molecule is COC(=O)c1ccc2c(c1)OCC(C)(c1cnc(OC)c(OC)n1)S2. The molecule has 1 unspecified atom stereocenters. The van der Waals surface area contributed by atoms with Gasteiger partial charge in [0.1, 0.15) is 12.4 Å². The van der Waals surface area contributed by atoms with Gasteiger partial charge in [-0.3, -0.25) is 0 Å². The number of ether oxygens (including phenoxy) is 4. The summed E-state index contributed by atoms with van der Waals surface area (Å²) in [4.78, 5) is 21.3. The quantitative estimate of drug-likeness (QED) is 0.768. The lowest BCUT2D eigenvalue weighted by molar-refractivity contribution is 0.0600. The van der Waals surface area contributed by atoms with E-state index >= 15 is 0 Å². The third kappa shape index (κ3) is 3.21. The van der Waals surface area contributed by atoms with Gasteiger partial charge in [0.15, 0.2) is 0 Å². The first kappa shape index (κ1) is 17.3. The molecule has 8 heteroatoms. The highest BCUT2D eigenvalue weighted by Gasteiger charge is 2.37. The largest absolute Gasteiger partial charge is 0.491 e. The normalized spacial score (nSPS) is 18.7. The van der Waals surface area contributed by atoms with Crippen LogP contribution in [0.2, 0.25) is 0 Å². The van der Waals surface area contributed by atoms with E-state index in [1.807, 2.05) is 13.0 Å². The smallest absolute Gasteiger partial charge is 0.337 e. The summed E-state index contributed by atoms with van der Waals surface area (Å²) in [6.07, 6.45) is 1.66. The van der Waals surface area contributed by atoms with Gasteiger partial charge in [-0.1, -0.05) is 0 Å². The predicted molar refractivity (Wildman–Crippen MR) is 91.6 cm³/mol. The average Bonchev–Trinajstić information content (AvgIpc) is 2.66. The van der Waals surface area contributed by atoms with Crippen LogP contribution in [0.25, 0.3) is 0 Å². The molecule has 0 bridgehead atoms. The number of fused-ring (bicyclic) bond motifs is 1. The molecule has 2 heterocycles. The lowest BCUT2D eigenvalue weighted by Gasteiger charge is -2.33. The van der Waals surface area contributed by atoms with Crippen LogP contribution in [0, 0.1) is 0 Å². The van der Waals surface area contributed by atoms with Crippen LogP contribution < -0.4 is 14.2 Å². The van der Waals surface area contributed by atoms with Crippen molar-refractivity contribution < 1.29 is 23.7 Å². The van der Waals surface area contributed by atoms with Gasteiger partial charge in [0.25, 0.3) is 11.8 Å². The summed E-state index contributed by atoms with van der Waals surface area (Å²) in [5.41, 5.74) is 1.18. The number of aromatic nitrogens is 2. The van der Waals surface area contributed by atoms with Crippen LogP contribution in [0.3, 0.4) is 0 Å². The standard InChI is InChI=1S/C17H18N2O5S/c1-17(13-8-18-14(21-2)15(19-13)22-3)9-24-11-7-10(16(20)23-4)5-6-12(11)25-17/h5-8H,9H2,1-4H3. The Labute approximate surface area is 149 Å². The number of carbonyl (C=O) groups excluding carboxylic acids is 1. The summed E-state index contributed by atoms with van der Waals surface area (Å²) < 4.78 is 20.5. The monoisotopic (exact) mass is 362 g/mol. The van der Waals surface area contributed by atoms with Gasteiger partial charge in [-0.25, -0.2) is 14.8 Å². The fraction of sp³-hybridized carbons (Fsp3) is 0.353. The highest BCUT2D eigenvalue weighted by molar-refractivity contribution is 8.00. The van der Waals surface area contributed by atoms with Gasteiger partial charge in [0, 0.05) is 0 Å². The van der Waals surface area contributed by atoms with E-state index in [-0.39, 0.29) is 0 Å². The van der Waals surface area contributed by atoms with Gasteiger partial charge in [0.05, 0.1) is 48.4 Å². The average molecular weight is 362 g/mol. The van der Waals surface area contributed by atoms with Gasteiger partial charge in [-0.15, -0.1) is 11.8 Å². The Kier molecular flexibility index (Phi) is 4.71. The van der Waals surface area contributed by atoms with Crippen molar-refractivity contribution in [3.63, 3.8) is 0 Å². The highest BCUT2D eigenvalue weighted by Crippen LogP contribution is 2.48. The van der Waals surface area contributed by atoms with Crippen LogP contribution in [0.4, 0.5) is 0 Å². The first-order valence-electron chi connectivity index (χ1n) is 7.50. The van der Waals surface area contributed by atoms with Crippen LogP contribution in [0.1, 0.15) is 23.0 Å². The van der Waals surface area contributed by atoms with Crippen LogP contribution in [-0.2, 0) is 9.48 Å². The molecule has 0 amide bonds. The van der Waals surface area contributed by atoms with Crippen molar-refractivity contribution >= 4 is 17.7 Å². The minimum absolute atomic E-state index is 0.327. The third-order valence-electron chi connectivity index (χ3n) is 3.84. The number of carbonyl (C=O) groups is 1. The Morgan fingerprint density at radius 2 is 2.00 bits per heavy atom. The van der Waals surface area contributed by atoms with Crippen LogP contribution in [0.5, 0.6) is 17.5 Å². The van der Waals surface area contributed by atoms with Gasteiger partial charge in [-0.05, 0) is 25.1 Å². The maximum Gasteiger partial charge on any atom is 0.337 e. The topological polar surface area (TPSA) is 79.8 Å². The molecule has 25 heavy (non-hydrogen) atoms. The Morgan fingerprint density at radius 3 is 2.68 bits per heavy atom. The lowest BCUT2D eigenvalue weighted by atomic mass is 10.1. The zero-order chi connectivity index (χ0) is 18.0. The van der Waals surface area contributed by atoms with Crippen molar-refractivity contribution in [2.75, 3.05) is 27.9 Å². The second-order valence-electron chi connectivity index (χ2n) is 5.55. The first-order valence-corrected chi connectivity index (χ1v) is 8.32. The number of nitrogens with zero attached hydrogens (tertiary/aromatic N) is 2. The number of hydrogen-bond donors (Lipinski definition) is 0. The van der Waals surface area contributed by atoms with E-state index < -0.39 is 10.7 Å². The second-order valence-corrected chi connectivity index (χ2v) is 7.09. The molecule has 0 aliphatic carbocycles. The van der Waals surface area contributed by atoms with E-state index in [1.165, 1.54) is 21.3 Å². The van der Waals surface area contributed by atoms with Gasteiger partial charge < -0.3 is 18.9 Å². The molecule has 1 aliphatic heterocycles. The molecule has 1 aromatic heterocycles. The van der Waals surface area contributed by atoms with Crippen LogP contribution in [0.15, 0.2) is 29.3 Å². The lowest BCUT2D eigenvalue weighted by Crippen LogP contribution is -2.31. The second kappa shape index (κ2) is 6.79. The molecule has 132 valence electrons. The third-order valence-corrected chi connectivity index (χ3v) is 5.18. The molecule has 1 aromatic carbocycles. The molecule has 1 atom stereocenters. The van der Waals surface area contributed by atoms with Gasteiger partial charge in [-0.2, -0.15) is 0 Å². The first-order chi connectivity index (χ1) is 12.0. The highest BCUT2D eigenvalue weighted by atomic mass is 32.2. The Hall–Kier alpha value is -2.48. The van der Waals surface area contributed by atoms with E-state index in [9.17, 15) is 4.79 Å². The summed E-state index contributed by atoms with van der Waals surface area (Å²) in [6.45, 7) is 2.39. The number of hydrogen-bond acceptors (Lipinski definition) is 8. The molecule has 0 fully saturated rings. The summed E-state index contributed by atoms with van der Waals surface area (Å²) in [6, 6.07) is 5.25. The summed E-state index contributed by atoms with van der Waals surface area (Å²) in [5.74, 6) is 0.919. The van der Waals surface area contributed by atoms with Gasteiger partial charge >= 0.3 is 5.97 Å². The Bertz CT molecular complexity index is 814. The van der Waals surface area contributed by atoms with Crippen molar-refractivity contribution in [3.8, 4) is 17.5 Å². The van der Waals surface area contributed by atoms with E-state index in [1.54, 1.807) is 30.1 Å². The fourth-order valence-corrected chi connectivity index (χ4v) is 3.61. The van der Waals surface area contributed by atoms with Crippen molar-refractivity contribution in [1.29, 1.82) is 0 Å². The van der Waals surface area contributed by atoms with Crippen LogP contribution in [-0.4, -0.2) is 43.9 Å². The molecule has 1 aliphatic rings. The number of methoxy groups -OCH3 is 3. The maximum absolute atomic E-state index is 11.7. The maximum atomic E-state index is 11.7. The number of thioether (sulfide) groups is 1. The molecular formula is C17H18N2O5S. The zero-order valence-electron chi connectivity index (χ0n) is 14.4. The summed E-state index contributed by atoms with van der Waals surface area (Å²) in [5, 5.41) is 0. The van der Waals surface area contributed by atoms with Crippen LogP contribution >= 0.6 is 11.8 Å². The molecule has 0 N–H and O–H groups in total. The van der Waals surface area contributed by atoms with Crippen molar-refractivity contribution in [1.82, 2.24) is 9.97 Å².